The van der Waals surface area contributed by atoms with Crippen molar-refractivity contribution in [2.75, 3.05) is 0 Å². The van der Waals surface area contributed by atoms with E-state index in [0.29, 0.717) is 0 Å². The molecule has 0 atom stereocenters. The number of halogens is 3. The standard InChI is InChI=1S/C15H8F3N3O3/c16-15(17,18)10-4-5-13-9(6-10)8-19-14(22)20(13)11-2-1-3-12(7-11)21(23)24/h1-8H. The molecule has 0 fully saturated rings. The number of fused-ring (bicyclic) bond motifs is 1. The lowest BCUT2D eigenvalue weighted by atomic mass is 10.1. The average Bonchev–Trinajstić information content (AvgIpc) is 2.53. The van der Waals surface area contributed by atoms with Gasteiger partial charge in [0.2, 0.25) is 0 Å². The van der Waals surface area contributed by atoms with Crippen LogP contribution in [-0.4, -0.2) is 14.5 Å². The monoisotopic (exact) mass is 335 g/mol. The molecule has 122 valence electrons. The van der Waals surface area contributed by atoms with Crippen LogP contribution in [0.4, 0.5) is 18.9 Å². The number of rotatable bonds is 2. The number of aromatic nitrogens is 2. The Labute approximate surface area is 131 Å². The Bertz CT molecular complexity index is 1010. The zero-order valence-corrected chi connectivity index (χ0v) is 11.8. The molecule has 9 heteroatoms. The van der Waals surface area contributed by atoms with Crippen LogP contribution in [0.25, 0.3) is 16.6 Å². The van der Waals surface area contributed by atoms with E-state index in [4.69, 9.17) is 0 Å². The van der Waals surface area contributed by atoms with Gasteiger partial charge in [-0.05, 0) is 24.3 Å². The number of alkyl halides is 3. The van der Waals surface area contributed by atoms with E-state index in [0.717, 1.165) is 35.0 Å². The van der Waals surface area contributed by atoms with Gasteiger partial charge in [-0.1, -0.05) is 6.07 Å². The lowest BCUT2D eigenvalue weighted by Crippen LogP contribution is -2.21. The fourth-order valence-electron chi connectivity index (χ4n) is 2.32. The number of nitrogens with zero attached hydrogens (tertiary/aromatic N) is 3. The second-order valence-electron chi connectivity index (χ2n) is 4.92. The molecule has 0 spiro atoms. The summed E-state index contributed by atoms with van der Waals surface area (Å²) in [5, 5.41) is 11.0. The first-order valence-corrected chi connectivity index (χ1v) is 6.61. The van der Waals surface area contributed by atoms with Crippen molar-refractivity contribution >= 4 is 16.6 Å². The third kappa shape index (κ3) is 2.71. The summed E-state index contributed by atoms with van der Waals surface area (Å²) < 4.78 is 39.4. The maximum absolute atomic E-state index is 12.8. The van der Waals surface area contributed by atoms with Gasteiger partial charge in [-0.2, -0.15) is 13.2 Å². The van der Waals surface area contributed by atoms with Crippen molar-refractivity contribution in [2.45, 2.75) is 6.18 Å². The number of nitro benzene ring substituents is 1. The van der Waals surface area contributed by atoms with E-state index < -0.39 is 22.4 Å². The Balaban J connectivity index is 2.28. The Hall–Kier alpha value is -3.23. The minimum atomic E-state index is -4.53. The van der Waals surface area contributed by atoms with E-state index in [1.807, 2.05) is 0 Å². The maximum Gasteiger partial charge on any atom is 0.416 e. The van der Waals surface area contributed by atoms with E-state index in [9.17, 15) is 28.1 Å². The minimum absolute atomic E-state index is 0.0935. The molecule has 3 aromatic rings. The Kier molecular flexibility index (Phi) is 3.55. The van der Waals surface area contributed by atoms with Gasteiger partial charge in [0, 0.05) is 23.7 Å². The molecule has 0 aliphatic heterocycles. The molecular weight excluding hydrogens is 327 g/mol. The molecule has 0 radical (unpaired) electrons. The highest BCUT2D eigenvalue weighted by Crippen LogP contribution is 2.31. The van der Waals surface area contributed by atoms with Gasteiger partial charge in [0.1, 0.15) is 0 Å². The molecule has 1 aromatic heterocycles. The average molecular weight is 335 g/mol. The molecular formula is C15H8F3N3O3. The van der Waals surface area contributed by atoms with Crippen LogP contribution in [0.3, 0.4) is 0 Å². The number of nitro groups is 1. The van der Waals surface area contributed by atoms with Gasteiger partial charge in [0.15, 0.2) is 0 Å². The zero-order chi connectivity index (χ0) is 17.5. The van der Waals surface area contributed by atoms with Crippen LogP contribution in [0.5, 0.6) is 0 Å². The molecule has 0 unspecified atom stereocenters. The molecule has 24 heavy (non-hydrogen) atoms. The molecule has 0 N–H and O–H groups in total. The van der Waals surface area contributed by atoms with E-state index in [1.54, 1.807) is 0 Å². The van der Waals surface area contributed by atoms with Crippen molar-refractivity contribution in [2.24, 2.45) is 0 Å². The summed E-state index contributed by atoms with van der Waals surface area (Å²) in [6.45, 7) is 0. The van der Waals surface area contributed by atoms with Crippen molar-refractivity contribution in [1.29, 1.82) is 0 Å². The number of non-ortho nitro benzene ring substituents is 1. The lowest BCUT2D eigenvalue weighted by Gasteiger charge is -2.11. The largest absolute Gasteiger partial charge is 0.416 e. The second kappa shape index (κ2) is 5.44. The molecule has 6 nitrogen and oxygen atoms in total. The summed E-state index contributed by atoms with van der Waals surface area (Å²) in [6.07, 6.45) is -3.48. The van der Waals surface area contributed by atoms with Crippen LogP contribution in [0, 0.1) is 10.1 Å². The quantitative estimate of drug-likeness (QED) is 0.532. The first-order valence-electron chi connectivity index (χ1n) is 6.61. The molecule has 0 saturated carbocycles. The SMILES string of the molecule is O=c1ncc2cc(C(F)(F)F)ccc2n1-c1cccc([N+](=O)[O-])c1. The topological polar surface area (TPSA) is 78.0 Å². The Morgan fingerprint density at radius 2 is 1.88 bits per heavy atom. The number of benzene rings is 2. The van der Waals surface area contributed by atoms with Gasteiger partial charge in [0.05, 0.1) is 21.7 Å². The highest BCUT2D eigenvalue weighted by molar-refractivity contribution is 5.80. The molecule has 0 amide bonds. The Morgan fingerprint density at radius 3 is 2.54 bits per heavy atom. The van der Waals surface area contributed by atoms with E-state index in [2.05, 4.69) is 4.98 Å². The molecule has 1 heterocycles. The normalized spacial score (nSPS) is 11.6. The summed E-state index contributed by atoms with van der Waals surface area (Å²) in [6, 6.07) is 8.07. The summed E-state index contributed by atoms with van der Waals surface area (Å²) >= 11 is 0. The van der Waals surface area contributed by atoms with E-state index >= 15 is 0 Å². The molecule has 2 aromatic carbocycles. The Morgan fingerprint density at radius 1 is 1.12 bits per heavy atom. The third-order valence-corrected chi connectivity index (χ3v) is 3.40. The molecule has 0 aliphatic rings. The van der Waals surface area contributed by atoms with Crippen LogP contribution in [0.15, 0.2) is 53.5 Å². The van der Waals surface area contributed by atoms with Crippen molar-refractivity contribution < 1.29 is 18.1 Å². The van der Waals surface area contributed by atoms with E-state index in [1.165, 1.54) is 18.2 Å². The molecule has 0 saturated heterocycles. The van der Waals surface area contributed by atoms with Gasteiger partial charge in [-0.25, -0.2) is 9.78 Å². The predicted octanol–water partition coefficient (Wildman–Crippen LogP) is 3.31. The van der Waals surface area contributed by atoms with E-state index in [-0.39, 0.29) is 22.3 Å². The van der Waals surface area contributed by atoms with Gasteiger partial charge in [-0.3, -0.25) is 14.7 Å². The van der Waals surface area contributed by atoms with Crippen LogP contribution < -0.4 is 5.69 Å². The highest BCUT2D eigenvalue weighted by Gasteiger charge is 2.30. The summed E-state index contributed by atoms with van der Waals surface area (Å²) in [5.41, 5.74) is -1.55. The summed E-state index contributed by atoms with van der Waals surface area (Å²) in [4.78, 5) is 25.8. The van der Waals surface area contributed by atoms with Crippen molar-refractivity contribution in [3.63, 3.8) is 0 Å². The maximum atomic E-state index is 12.8. The van der Waals surface area contributed by atoms with Crippen molar-refractivity contribution in [1.82, 2.24) is 9.55 Å². The predicted molar refractivity (Wildman–Crippen MR) is 79.0 cm³/mol. The molecule has 0 aliphatic carbocycles. The zero-order valence-electron chi connectivity index (χ0n) is 11.8. The van der Waals surface area contributed by atoms with Crippen LogP contribution >= 0.6 is 0 Å². The number of hydrogen-bond acceptors (Lipinski definition) is 4. The second-order valence-corrected chi connectivity index (χ2v) is 4.92. The smallest absolute Gasteiger partial charge is 0.260 e. The lowest BCUT2D eigenvalue weighted by molar-refractivity contribution is -0.384. The van der Waals surface area contributed by atoms with Gasteiger partial charge in [-0.15, -0.1) is 0 Å². The third-order valence-electron chi connectivity index (χ3n) is 3.40. The van der Waals surface area contributed by atoms with Gasteiger partial charge >= 0.3 is 11.9 Å². The van der Waals surface area contributed by atoms with Crippen LogP contribution in [0.2, 0.25) is 0 Å². The summed E-state index contributed by atoms with van der Waals surface area (Å²) in [5.74, 6) is 0. The van der Waals surface area contributed by atoms with Crippen molar-refractivity contribution in [3.8, 4) is 5.69 Å². The fourth-order valence-corrected chi connectivity index (χ4v) is 2.32. The summed E-state index contributed by atoms with van der Waals surface area (Å²) in [7, 11) is 0. The van der Waals surface area contributed by atoms with Crippen LogP contribution in [-0.2, 0) is 6.18 Å². The minimum Gasteiger partial charge on any atom is -0.260 e. The van der Waals surface area contributed by atoms with Crippen molar-refractivity contribution in [3.05, 3.63) is 74.8 Å². The van der Waals surface area contributed by atoms with Gasteiger partial charge < -0.3 is 0 Å². The van der Waals surface area contributed by atoms with Gasteiger partial charge in [0.25, 0.3) is 5.69 Å². The van der Waals surface area contributed by atoms with Crippen LogP contribution in [0.1, 0.15) is 5.56 Å². The highest BCUT2D eigenvalue weighted by atomic mass is 19.4. The first kappa shape index (κ1) is 15.7. The molecule has 3 rings (SSSR count). The first-order chi connectivity index (χ1) is 11.3. The molecule has 0 bridgehead atoms. The fraction of sp³-hybridized carbons (Fsp3) is 0.0667. The number of hydrogen-bond donors (Lipinski definition) is 0.